The molecule has 0 aliphatic carbocycles. The third-order valence-electron chi connectivity index (χ3n) is 12.0. The molecule has 0 atom stereocenters. The van der Waals surface area contributed by atoms with Gasteiger partial charge in [0.15, 0.2) is 0 Å². The molecule has 0 saturated heterocycles. The predicted molar refractivity (Wildman–Crippen MR) is 239 cm³/mol. The summed E-state index contributed by atoms with van der Waals surface area (Å²) in [4.78, 5) is 11.5. The summed E-state index contributed by atoms with van der Waals surface area (Å²) < 4.78 is 10.3. The molecular weight excluding hydrogens is 753 g/mol. The topological polar surface area (TPSA) is 35.6 Å². The van der Waals surface area contributed by atoms with Crippen LogP contribution in [0.3, 0.4) is 0 Å². The first-order chi connectivity index (χ1) is 28.3. The minimum absolute atomic E-state index is 0.722. The standard InChI is InChI=1S/C52H34GeN4/c1-5-19-35(20-6-1)51-54-48-43-29-13-16-30-44(43)53(36-21-7-2-8-22-36,37-23-9-3-10-24-37)47(48)52(55-51)57-46-32-18-15-28-40(46)42-34-33-41-39-27-14-17-31-45(39)56(49(41)50(42)57)38-25-11-4-12-26-38/h1-34H. The van der Waals surface area contributed by atoms with Crippen LogP contribution in [-0.4, -0.2) is 32.4 Å². The van der Waals surface area contributed by atoms with Gasteiger partial charge in [0.1, 0.15) is 0 Å². The second-order valence-electron chi connectivity index (χ2n) is 14.9. The molecule has 5 heteroatoms. The van der Waals surface area contributed by atoms with Crippen LogP contribution >= 0.6 is 0 Å². The third kappa shape index (κ3) is 4.50. The van der Waals surface area contributed by atoms with Gasteiger partial charge in [-0.15, -0.1) is 0 Å². The van der Waals surface area contributed by atoms with E-state index in [1.807, 2.05) is 0 Å². The van der Waals surface area contributed by atoms with Crippen molar-refractivity contribution in [1.82, 2.24) is 19.1 Å². The van der Waals surface area contributed by atoms with Crippen molar-refractivity contribution in [3.63, 3.8) is 0 Å². The Morgan fingerprint density at radius 1 is 0.386 bits per heavy atom. The zero-order valence-electron chi connectivity index (χ0n) is 30.9. The summed E-state index contributed by atoms with van der Waals surface area (Å²) in [7, 11) is 0. The molecule has 4 heterocycles. The van der Waals surface area contributed by atoms with E-state index in [1.54, 1.807) is 0 Å². The zero-order valence-corrected chi connectivity index (χ0v) is 33.0. The van der Waals surface area contributed by atoms with Crippen LogP contribution in [0.4, 0.5) is 0 Å². The van der Waals surface area contributed by atoms with E-state index < -0.39 is 13.3 Å². The summed E-state index contributed by atoms with van der Waals surface area (Å²) in [5.41, 5.74) is 8.95. The van der Waals surface area contributed by atoms with Crippen molar-refractivity contribution in [2.75, 3.05) is 0 Å². The van der Waals surface area contributed by atoms with Crippen LogP contribution in [0, 0.1) is 0 Å². The number of hydrogen-bond donors (Lipinski definition) is 0. The first-order valence-corrected chi connectivity index (χ1v) is 23.7. The third-order valence-corrected chi connectivity index (χ3v) is 22.2. The average molecular weight is 787 g/mol. The monoisotopic (exact) mass is 788 g/mol. The molecule has 57 heavy (non-hydrogen) atoms. The molecule has 0 bridgehead atoms. The first-order valence-electron chi connectivity index (χ1n) is 19.5. The Labute approximate surface area is 332 Å². The second-order valence-corrected chi connectivity index (χ2v) is 22.6. The summed E-state index contributed by atoms with van der Waals surface area (Å²) >= 11 is -3.87. The van der Waals surface area contributed by atoms with Crippen molar-refractivity contribution < 1.29 is 0 Å². The van der Waals surface area contributed by atoms with Crippen LogP contribution in [0.15, 0.2) is 206 Å². The van der Waals surface area contributed by atoms with Crippen molar-refractivity contribution in [2.45, 2.75) is 0 Å². The molecule has 1 aliphatic rings. The Hall–Kier alpha value is -7.02. The molecule has 0 fully saturated rings. The second kappa shape index (κ2) is 12.5. The van der Waals surface area contributed by atoms with Crippen molar-refractivity contribution in [2.24, 2.45) is 0 Å². The Morgan fingerprint density at radius 3 is 1.51 bits per heavy atom. The zero-order chi connectivity index (χ0) is 37.5. The Bertz CT molecular complexity index is 3290. The molecule has 11 aromatic rings. The van der Waals surface area contributed by atoms with Crippen LogP contribution in [-0.2, 0) is 0 Å². The Balaban J connectivity index is 1.35. The molecule has 266 valence electrons. The van der Waals surface area contributed by atoms with Gasteiger partial charge in [-0.2, -0.15) is 0 Å². The van der Waals surface area contributed by atoms with Crippen molar-refractivity contribution >= 4 is 74.5 Å². The van der Waals surface area contributed by atoms with Crippen molar-refractivity contribution in [3.05, 3.63) is 206 Å². The van der Waals surface area contributed by atoms with E-state index >= 15 is 0 Å². The SMILES string of the molecule is c1ccc(-c2nc3[c](c(-n4c5ccccc5c5ccc6c7ccccc7n(-c7ccccc7)c6c54)n2)[Ge]([c]2ccccc2)([c]2ccccc2)[c]2ccccc2-3)cc1. The van der Waals surface area contributed by atoms with E-state index in [0.29, 0.717) is 0 Å². The molecule has 3 aromatic heterocycles. The number of para-hydroxylation sites is 3. The molecule has 0 unspecified atom stereocenters. The van der Waals surface area contributed by atoms with Crippen LogP contribution in [0.25, 0.3) is 77.8 Å². The molecule has 1 aliphatic heterocycles. The molecule has 0 radical (unpaired) electrons. The van der Waals surface area contributed by atoms with Crippen LogP contribution in [0.5, 0.6) is 0 Å². The molecular formula is C52H34GeN4. The molecule has 0 amide bonds. The van der Waals surface area contributed by atoms with Crippen LogP contribution < -0.4 is 17.6 Å². The number of aromatic nitrogens is 4. The van der Waals surface area contributed by atoms with Crippen molar-refractivity contribution in [1.29, 1.82) is 0 Å². The normalized spacial score (nSPS) is 13.1. The Morgan fingerprint density at radius 2 is 0.877 bits per heavy atom. The number of nitrogens with zero attached hydrogens (tertiary/aromatic N) is 4. The van der Waals surface area contributed by atoms with E-state index in [4.69, 9.17) is 9.97 Å². The maximum absolute atomic E-state index is 5.84. The van der Waals surface area contributed by atoms with E-state index in [2.05, 4.69) is 215 Å². The fourth-order valence-corrected chi connectivity index (χ4v) is 20.6. The number of fused-ring (bicyclic) bond motifs is 10. The summed E-state index contributed by atoms with van der Waals surface area (Å²) in [6.45, 7) is 0. The fourth-order valence-electron chi connectivity index (χ4n) is 9.73. The molecule has 0 N–H and O–H groups in total. The predicted octanol–water partition coefficient (Wildman–Crippen LogP) is 9.70. The molecule has 12 rings (SSSR count). The first kappa shape index (κ1) is 32.2. The van der Waals surface area contributed by atoms with Gasteiger partial charge in [0.05, 0.1) is 0 Å². The van der Waals surface area contributed by atoms with E-state index in [1.165, 1.54) is 50.2 Å². The molecule has 0 saturated carbocycles. The summed E-state index contributed by atoms with van der Waals surface area (Å²) in [6.07, 6.45) is 0. The maximum atomic E-state index is 5.84. The van der Waals surface area contributed by atoms with Gasteiger partial charge < -0.3 is 0 Å². The van der Waals surface area contributed by atoms with Crippen LogP contribution in [0.2, 0.25) is 0 Å². The number of benzene rings is 8. The average Bonchev–Trinajstić information content (AvgIpc) is 3.92. The summed E-state index contributed by atoms with van der Waals surface area (Å²) in [6, 6.07) is 75.1. The van der Waals surface area contributed by atoms with E-state index in [9.17, 15) is 0 Å². The van der Waals surface area contributed by atoms with Gasteiger partial charge in [0, 0.05) is 0 Å². The summed E-state index contributed by atoms with van der Waals surface area (Å²) in [5, 5.41) is 4.82. The van der Waals surface area contributed by atoms with Gasteiger partial charge in [-0.25, -0.2) is 0 Å². The Kier molecular flexibility index (Phi) is 7.07. The van der Waals surface area contributed by atoms with Gasteiger partial charge in [0.2, 0.25) is 0 Å². The number of hydrogen-bond acceptors (Lipinski definition) is 2. The van der Waals surface area contributed by atoms with Gasteiger partial charge in [-0.1, -0.05) is 0 Å². The quantitative estimate of drug-likeness (QED) is 0.163. The number of rotatable bonds is 5. The summed E-state index contributed by atoms with van der Waals surface area (Å²) in [5.74, 6) is 1.67. The minimum atomic E-state index is -3.87. The van der Waals surface area contributed by atoms with Gasteiger partial charge in [0.25, 0.3) is 0 Å². The van der Waals surface area contributed by atoms with Gasteiger partial charge in [-0.05, 0) is 0 Å². The van der Waals surface area contributed by atoms with E-state index in [0.717, 1.165) is 45.1 Å². The fraction of sp³-hybridized carbons (Fsp3) is 0. The van der Waals surface area contributed by atoms with Gasteiger partial charge >= 0.3 is 334 Å². The molecule has 4 nitrogen and oxygen atoms in total. The molecule has 8 aromatic carbocycles. The van der Waals surface area contributed by atoms with Crippen LogP contribution in [0.1, 0.15) is 0 Å². The van der Waals surface area contributed by atoms with E-state index in [-0.39, 0.29) is 0 Å². The van der Waals surface area contributed by atoms with Crippen molar-refractivity contribution in [3.8, 4) is 34.2 Å². The van der Waals surface area contributed by atoms with Gasteiger partial charge in [-0.3, -0.25) is 0 Å². The molecule has 0 spiro atoms.